The Bertz CT molecular complexity index is 4860. The third-order valence-corrected chi connectivity index (χ3v) is 21.3. The molecule has 0 bridgehead atoms. The number of methoxy groups -OCH3 is 1. The zero-order valence-electron chi connectivity index (χ0n) is 68.6. The standard InChI is InChI=1S/C84H103N13O28/c1-41(2)30-53(76(114)88-46-20-14-45(15-21-46)40-123-83(120)96-52-33-65(124-42(3)70(52)108)125-60-35-84(121,61(104)39-101)34-50-67(60)74(112)69-68(72(50)110)71(109)49-10-8-12-59(122-4)66(49)73(69)111)90-79(117)56(36-98)94-78(116)55(32-44-18-24-48(103)25-19-44)91-77(115)54(31-43-16-22-47(102)23-17-43)92-80(118)57(37-99)95-81(119)58(38-100)93-75(113)51(11-9-28-87-82(85)86)89-62(105)13-6-5-7-29-97-63(106)26-27-64(97)107/h8,10,12,14-27,41-42,51-58,60,65,70,98-103,108,110,112,121H,5-7,9,11,13,28-40H2,1-4H3,(H,88,114)(H,89,105)(H,90,117)(H,91,115)(H,92,118)(H,93,113)(H,94,116)(H,95,119)(H,96,120)(H4,85,86,87)/t42-,51-,52+,53-,54-,55-,56-,57-,58-,60-,65-,70?,84-/m0/s1. The molecule has 5 aromatic carbocycles. The highest BCUT2D eigenvalue weighted by Gasteiger charge is 2.51. The average Bonchev–Trinajstić information content (AvgIpc) is 1.45. The van der Waals surface area contributed by atoms with Gasteiger partial charge >= 0.3 is 6.09 Å². The number of nitrogens with one attached hydrogen (secondary N) is 11. The molecule has 1 unspecified atom stereocenters. The average molecular weight is 1740 g/mol. The first kappa shape index (κ1) is 95.8. The number of aromatic hydroxyl groups is 4. The molecule has 13 atom stereocenters. The number of guanidine groups is 1. The van der Waals surface area contributed by atoms with Crippen molar-refractivity contribution in [3.05, 3.63) is 153 Å². The molecule has 41 nitrogen and oxygen atoms in total. The van der Waals surface area contributed by atoms with Gasteiger partial charge in [-0.15, -0.1) is 0 Å². The molecule has 125 heavy (non-hydrogen) atoms. The molecule has 0 radical (unpaired) electrons. The summed E-state index contributed by atoms with van der Waals surface area (Å²) in [6.45, 7) is 0.226. The number of amides is 11. The van der Waals surface area contributed by atoms with Gasteiger partial charge in [-0.25, -0.2) is 4.79 Å². The van der Waals surface area contributed by atoms with Gasteiger partial charge in [-0.1, -0.05) is 68.8 Å². The van der Waals surface area contributed by atoms with Gasteiger partial charge in [-0.3, -0.25) is 72.6 Å². The molecule has 1 fully saturated rings. The topological polar surface area (TPSA) is 652 Å². The van der Waals surface area contributed by atoms with Gasteiger partial charge in [0.25, 0.3) is 11.8 Å². The predicted molar refractivity (Wildman–Crippen MR) is 437 cm³/mol. The second-order valence-electron chi connectivity index (χ2n) is 30.9. The number of imide groups is 1. The van der Waals surface area contributed by atoms with Crippen molar-refractivity contribution in [3.63, 3.8) is 0 Å². The van der Waals surface area contributed by atoms with Gasteiger partial charge in [0, 0.05) is 86.1 Å². The van der Waals surface area contributed by atoms with Gasteiger partial charge in [0.2, 0.25) is 53.0 Å². The van der Waals surface area contributed by atoms with Crippen LogP contribution in [0, 0.1) is 11.3 Å². The Hall–Kier alpha value is -13.0. The fourth-order valence-corrected chi connectivity index (χ4v) is 14.6. The van der Waals surface area contributed by atoms with Crippen molar-refractivity contribution >= 4 is 94.2 Å². The summed E-state index contributed by atoms with van der Waals surface area (Å²) in [5.41, 5.74) is 1.85. The number of fused-ring (bicyclic) bond motifs is 3. The number of ether oxygens (including phenoxy) is 4. The van der Waals surface area contributed by atoms with E-state index in [-0.39, 0.29) is 115 Å². The number of alkyl carbamates (subject to hydrolysis) is 1. The van der Waals surface area contributed by atoms with Gasteiger partial charge in [0.1, 0.15) is 96.0 Å². The maximum absolute atomic E-state index is 14.7. The summed E-state index contributed by atoms with van der Waals surface area (Å²) < 4.78 is 23.1. The molecule has 1 saturated heterocycles. The Kier molecular flexibility index (Phi) is 33.6. The molecule has 23 N–H and O–H groups in total. The van der Waals surface area contributed by atoms with Crippen molar-refractivity contribution in [3.8, 4) is 28.7 Å². The number of rotatable bonds is 42. The Balaban J connectivity index is 0.812. The number of aliphatic hydroxyl groups is 6. The summed E-state index contributed by atoms with van der Waals surface area (Å²) in [4.78, 5) is 192. The van der Waals surface area contributed by atoms with E-state index < -0.39 is 236 Å². The molecule has 0 aromatic heterocycles. The first-order chi connectivity index (χ1) is 59.5. The van der Waals surface area contributed by atoms with E-state index in [1.807, 2.05) is 0 Å². The number of nitrogens with two attached hydrogens (primary N) is 1. The maximum Gasteiger partial charge on any atom is 0.407 e. The van der Waals surface area contributed by atoms with E-state index in [0.29, 0.717) is 29.5 Å². The number of carbonyl (C=O) groups is 14. The number of Topliss-reactive ketones (excluding diaryl/α,β-unsaturated/α-hetero) is 1. The second-order valence-corrected chi connectivity index (χ2v) is 30.9. The number of carbonyl (C=O) groups excluding carboxylic acids is 14. The summed E-state index contributed by atoms with van der Waals surface area (Å²) in [5, 5.41) is 141. The minimum Gasteiger partial charge on any atom is -0.508 e. The minimum atomic E-state index is -2.47. The highest BCUT2D eigenvalue weighted by molar-refractivity contribution is 6.31. The maximum atomic E-state index is 14.7. The van der Waals surface area contributed by atoms with E-state index in [4.69, 9.17) is 30.1 Å². The van der Waals surface area contributed by atoms with E-state index in [2.05, 4.69) is 53.2 Å². The highest BCUT2D eigenvalue weighted by atomic mass is 16.7. The van der Waals surface area contributed by atoms with Crippen LogP contribution in [-0.2, 0) is 92.8 Å². The minimum absolute atomic E-state index is 0.00806. The number of phenols is 4. The van der Waals surface area contributed by atoms with Crippen LogP contribution in [0.4, 0.5) is 10.5 Å². The fourth-order valence-electron chi connectivity index (χ4n) is 14.6. The van der Waals surface area contributed by atoms with Crippen LogP contribution in [0.3, 0.4) is 0 Å². The van der Waals surface area contributed by atoms with Crippen molar-refractivity contribution in [2.75, 3.05) is 51.9 Å². The van der Waals surface area contributed by atoms with E-state index in [1.165, 1.54) is 105 Å². The van der Waals surface area contributed by atoms with Crippen LogP contribution in [0.2, 0.25) is 0 Å². The van der Waals surface area contributed by atoms with Crippen molar-refractivity contribution in [2.45, 2.75) is 183 Å². The fraction of sp³-hybridized carbons (Fsp3) is 0.440. The molecule has 2 heterocycles. The summed E-state index contributed by atoms with van der Waals surface area (Å²) in [6, 6.07) is 7.78. The molecule has 2 aliphatic carbocycles. The predicted octanol–water partition coefficient (Wildman–Crippen LogP) is -2.03. The van der Waals surface area contributed by atoms with Crippen LogP contribution in [0.15, 0.2) is 103 Å². The van der Waals surface area contributed by atoms with Crippen LogP contribution in [0.25, 0.3) is 0 Å². The number of ketones is 3. The van der Waals surface area contributed by atoms with Crippen LogP contribution < -0.4 is 63.6 Å². The van der Waals surface area contributed by atoms with Gasteiger partial charge < -0.3 is 129 Å². The smallest absolute Gasteiger partial charge is 0.407 e. The SMILES string of the molecule is COc1cccc2c1C(=O)c1c(O)c3c(c(O)c1C2=O)C[C@@](O)(C(=O)CO)C[C@@H]3O[C@H]1C[C@@H](NC(=O)OCc2ccc(NC(=O)[C@H](CC(C)C)NC(=O)[C@H](CO)NC(=O)[C@H](Cc3ccc(O)cc3)NC(=O)[C@H](Cc3ccc(O)cc3)NC(=O)[C@H](CO)NC(=O)[C@H](CO)NC(=O)[C@H](CCCNC(=N)N)NC(=O)CCCCCN3C(=O)C=CC3=O)cc2)C(O)[C@H](C)O1. The van der Waals surface area contributed by atoms with Gasteiger partial charge in [0.15, 0.2) is 23.8 Å². The van der Waals surface area contributed by atoms with Crippen LogP contribution in [0.1, 0.15) is 144 Å². The molecule has 0 spiro atoms. The molecule has 2 aliphatic heterocycles. The third-order valence-electron chi connectivity index (χ3n) is 21.3. The number of aliphatic hydroxyl groups excluding tert-OH is 5. The van der Waals surface area contributed by atoms with Gasteiger partial charge in [0.05, 0.1) is 61.9 Å². The molecular weight excluding hydrogens is 1640 g/mol. The highest BCUT2D eigenvalue weighted by Crippen LogP contribution is 2.53. The van der Waals surface area contributed by atoms with Gasteiger partial charge in [-0.2, -0.15) is 0 Å². The van der Waals surface area contributed by atoms with Crippen LogP contribution in [-0.4, -0.2) is 264 Å². The molecule has 41 heteroatoms. The van der Waals surface area contributed by atoms with E-state index in [0.717, 1.165) is 17.1 Å². The lowest BCUT2D eigenvalue weighted by atomic mass is 9.72. The lowest BCUT2D eigenvalue weighted by Crippen LogP contribution is -2.61. The van der Waals surface area contributed by atoms with Crippen LogP contribution >= 0.6 is 0 Å². The quantitative estimate of drug-likeness (QED) is 0.00646. The zero-order chi connectivity index (χ0) is 91.3. The largest absolute Gasteiger partial charge is 0.508 e. The van der Waals surface area contributed by atoms with Crippen molar-refractivity contribution in [1.29, 1.82) is 5.41 Å². The van der Waals surface area contributed by atoms with Crippen molar-refractivity contribution in [1.82, 2.24) is 52.8 Å². The van der Waals surface area contributed by atoms with E-state index in [1.54, 1.807) is 13.8 Å². The van der Waals surface area contributed by atoms with Crippen molar-refractivity contribution < 1.29 is 137 Å². The number of benzene rings is 5. The van der Waals surface area contributed by atoms with E-state index >= 15 is 0 Å². The van der Waals surface area contributed by atoms with Gasteiger partial charge in [-0.05, 0) is 104 Å². The number of phenolic OH excluding ortho intramolecular Hbond substituents is 4. The number of nitrogens with zero attached hydrogens (tertiary/aromatic N) is 1. The Morgan fingerprint density at radius 3 is 1.66 bits per heavy atom. The van der Waals surface area contributed by atoms with Crippen LogP contribution in [0.5, 0.6) is 28.7 Å². The normalized spacial score (nSPS) is 19.2. The monoisotopic (exact) mass is 1740 g/mol. The number of anilines is 1. The summed E-state index contributed by atoms with van der Waals surface area (Å²) in [7, 11) is 1.26. The Morgan fingerprint density at radius 2 is 1.14 bits per heavy atom. The molecule has 672 valence electrons. The molecule has 9 rings (SSSR count). The lowest BCUT2D eigenvalue weighted by Gasteiger charge is -2.42. The Labute approximate surface area is 715 Å². The zero-order valence-corrected chi connectivity index (χ0v) is 68.6. The van der Waals surface area contributed by atoms with Crippen molar-refractivity contribution in [2.24, 2.45) is 11.7 Å². The van der Waals surface area contributed by atoms with E-state index in [9.17, 15) is 118 Å². The molecular formula is C84H103N13O28. The molecule has 4 aliphatic rings. The first-order valence-corrected chi connectivity index (χ1v) is 40.2. The first-order valence-electron chi connectivity index (χ1n) is 40.2. The molecule has 11 amide bonds. The lowest BCUT2D eigenvalue weighted by molar-refractivity contribution is -0.249. The number of unbranched alkanes of at least 4 members (excludes halogenated alkanes) is 2. The third kappa shape index (κ3) is 24.9. The summed E-state index contributed by atoms with van der Waals surface area (Å²) >= 11 is 0. The number of hydrogen-bond donors (Lipinski definition) is 22. The molecule has 5 aromatic rings. The molecule has 0 saturated carbocycles. The Morgan fingerprint density at radius 1 is 0.616 bits per heavy atom. The number of hydrogen-bond acceptors (Lipinski definition) is 29. The summed E-state index contributed by atoms with van der Waals surface area (Å²) in [6.07, 6.45) is -5.88. The second kappa shape index (κ2) is 43.8. The summed E-state index contributed by atoms with van der Waals surface area (Å²) in [5.74, 6) is -14.6.